The van der Waals surface area contributed by atoms with Gasteiger partial charge in [-0.05, 0) is 24.6 Å². The topological polar surface area (TPSA) is 26.3 Å². The van der Waals surface area contributed by atoms with Gasteiger partial charge in [0.25, 0.3) is 0 Å². The number of carbonyl (C=O) groups excluding carboxylic acids is 1. The molecule has 0 N–H and O–H groups in total. The van der Waals surface area contributed by atoms with Gasteiger partial charge in [0, 0.05) is 5.02 Å². The first-order valence-corrected chi connectivity index (χ1v) is 5.10. The quantitative estimate of drug-likeness (QED) is 0.750. The molecule has 1 aromatic rings. The van der Waals surface area contributed by atoms with Crippen LogP contribution in [0.15, 0.2) is 18.2 Å². The van der Waals surface area contributed by atoms with E-state index < -0.39 is 0 Å². The van der Waals surface area contributed by atoms with E-state index in [2.05, 4.69) is 0 Å². The molecule has 3 heteroatoms. The molecular formula is C11H11ClO2. The molecule has 0 spiro atoms. The SMILES string of the molecule is CCCC1Oc2cc(Cl)ccc2C1=O. The van der Waals surface area contributed by atoms with E-state index in [-0.39, 0.29) is 11.9 Å². The Morgan fingerprint density at radius 2 is 2.29 bits per heavy atom. The average molecular weight is 211 g/mol. The van der Waals surface area contributed by atoms with Crippen molar-refractivity contribution < 1.29 is 9.53 Å². The number of ether oxygens (including phenoxy) is 1. The molecule has 2 rings (SSSR count). The Morgan fingerprint density at radius 3 is 3.00 bits per heavy atom. The minimum absolute atomic E-state index is 0.0820. The smallest absolute Gasteiger partial charge is 0.207 e. The fourth-order valence-electron chi connectivity index (χ4n) is 1.63. The summed E-state index contributed by atoms with van der Waals surface area (Å²) in [5, 5.41) is 0.605. The van der Waals surface area contributed by atoms with Crippen molar-refractivity contribution in [3.05, 3.63) is 28.8 Å². The van der Waals surface area contributed by atoms with Crippen molar-refractivity contribution in [2.24, 2.45) is 0 Å². The van der Waals surface area contributed by atoms with Crippen LogP contribution in [0.3, 0.4) is 0 Å². The Kier molecular flexibility index (Phi) is 2.46. The summed E-state index contributed by atoms with van der Waals surface area (Å²) in [6.45, 7) is 2.03. The van der Waals surface area contributed by atoms with E-state index in [0.29, 0.717) is 16.3 Å². The standard InChI is InChI=1S/C11H11ClO2/c1-2-3-9-11(13)8-5-4-7(12)6-10(8)14-9/h4-6,9H,2-3H2,1H3. The molecule has 1 unspecified atom stereocenters. The van der Waals surface area contributed by atoms with Gasteiger partial charge in [0.1, 0.15) is 5.75 Å². The highest BCUT2D eigenvalue weighted by Gasteiger charge is 2.31. The van der Waals surface area contributed by atoms with Gasteiger partial charge in [-0.3, -0.25) is 4.79 Å². The Bertz CT molecular complexity index is 374. The van der Waals surface area contributed by atoms with Gasteiger partial charge in [-0.15, -0.1) is 0 Å². The van der Waals surface area contributed by atoms with Crippen LogP contribution in [0.1, 0.15) is 30.1 Å². The van der Waals surface area contributed by atoms with Crippen molar-refractivity contribution in [2.75, 3.05) is 0 Å². The highest BCUT2D eigenvalue weighted by molar-refractivity contribution is 6.31. The predicted octanol–water partition coefficient (Wildman–Crippen LogP) is 3.08. The van der Waals surface area contributed by atoms with E-state index in [9.17, 15) is 4.79 Å². The van der Waals surface area contributed by atoms with Gasteiger partial charge in [0.15, 0.2) is 6.10 Å². The van der Waals surface area contributed by atoms with Crippen LogP contribution in [0.5, 0.6) is 5.75 Å². The molecule has 2 nitrogen and oxygen atoms in total. The highest BCUT2D eigenvalue weighted by Crippen LogP contribution is 2.32. The molecule has 0 radical (unpaired) electrons. The number of hydrogen-bond donors (Lipinski definition) is 0. The van der Waals surface area contributed by atoms with Gasteiger partial charge in [0.05, 0.1) is 5.56 Å². The van der Waals surface area contributed by atoms with Gasteiger partial charge < -0.3 is 4.74 Å². The molecule has 1 aliphatic rings. The number of ketones is 1. The van der Waals surface area contributed by atoms with Crippen molar-refractivity contribution in [2.45, 2.75) is 25.9 Å². The minimum atomic E-state index is -0.298. The van der Waals surface area contributed by atoms with E-state index in [1.165, 1.54) is 0 Å². The second kappa shape index (κ2) is 3.62. The highest BCUT2D eigenvalue weighted by atomic mass is 35.5. The van der Waals surface area contributed by atoms with Crippen molar-refractivity contribution >= 4 is 17.4 Å². The second-order valence-electron chi connectivity index (χ2n) is 3.40. The monoisotopic (exact) mass is 210 g/mol. The van der Waals surface area contributed by atoms with Crippen molar-refractivity contribution in [3.63, 3.8) is 0 Å². The number of rotatable bonds is 2. The molecule has 0 fully saturated rings. The molecule has 14 heavy (non-hydrogen) atoms. The zero-order valence-corrected chi connectivity index (χ0v) is 8.67. The third-order valence-corrected chi connectivity index (χ3v) is 2.56. The van der Waals surface area contributed by atoms with Crippen LogP contribution in [-0.2, 0) is 0 Å². The van der Waals surface area contributed by atoms with E-state index >= 15 is 0 Å². The van der Waals surface area contributed by atoms with E-state index in [1.54, 1.807) is 18.2 Å². The summed E-state index contributed by atoms with van der Waals surface area (Å²) < 4.78 is 5.51. The summed E-state index contributed by atoms with van der Waals surface area (Å²) in [5.41, 5.74) is 0.660. The van der Waals surface area contributed by atoms with Crippen molar-refractivity contribution in [1.82, 2.24) is 0 Å². The second-order valence-corrected chi connectivity index (χ2v) is 3.84. The molecule has 1 atom stereocenters. The number of hydrogen-bond acceptors (Lipinski definition) is 2. The fraction of sp³-hybridized carbons (Fsp3) is 0.364. The molecule has 74 valence electrons. The van der Waals surface area contributed by atoms with Crippen LogP contribution in [0, 0.1) is 0 Å². The van der Waals surface area contributed by atoms with Gasteiger partial charge in [0.2, 0.25) is 5.78 Å². The Hall–Kier alpha value is -1.02. The first kappa shape index (κ1) is 9.53. The molecule has 0 bridgehead atoms. The molecule has 0 aromatic heterocycles. The molecule has 0 amide bonds. The minimum Gasteiger partial charge on any atom is -0.481 e. The Balaban J connectivity index is 2.31. The summed E-state index contributed by atoms with van der Waals surface area (Å²) in [4.78, 5) is 11.7. The van der Waals surface area contributed by atoms with Gasteiger partial charge in [-0.25, -0.2) is 0 Å². The summed E-state index contributed by atoms with van der Waals surface area (Å²) in [6.07, 6.45) is 1.41. The zero-order valence-electron chi connectivity index (χ0n) is 7.92. The fourth-order valence-corrected chi connectivity index (χ4v) is 1.79. The van der Waals surface area contributed by atoms with Gasteiger partial charge in [-0.1, -0.05) is 24.9 Å². The maximum Gasteiger partial charge on any atom is 0.207 e. The number of carbonyl (C=O) groups is 1. The average Bonchev–Trinajstić information content (AvgIpc) is 2.44. The molecule has 1 aliphatic heterocycles. The maximum absolute atomic E-state index is 11.7. The van der Waals surface area contributed by atoms with E-state index in [0.717, 1.165) is 12.8 Å². The third-order valence-electron chi connectivity index (χ3n) is 2.32. The maximum atomic E-state index is 11.7. The first-order valence-electron chi connectivity index (χ1n) is 4.72. The lowest BCUT2D eigenvalue weighted by atomic mass is 10.1. The zero-order chi connectivity index (χ0) is 10.1. The molecule has 1 heterocycles. The first-order chi connectivity index (χ1) is 6.72. The summed E-state index contributed by atoms with van der Waals surface area (Å²) >= 11 is 5.80. The Labute approximate surface area is 87.8 Å². The van der Waals surface area contributed by atoms with Crippen LogP contribution in [-0.4, -0.2) is 11.9 Å². The van der Waals surface area contributed by atoms with Crippen LogP contribution in [0.4, 0.5) is 0 Å². The van der Waals surface area contributed by atoms with E-state index in [1.807, 2.05) is 6.92 Å². The lowest BCUT2D eigenvalue weighted by Gasteiger charge is -2.06. The summed E-state index contributed by atoms with van der Waals surface area (Å²) in [7, 11) is 0. The lowest BCUT2D eigenvalue weighted by Crippen LogP contribution is -2.19. The largest absolute Gasteiger partial charge is 0.481 e. The summed E-state index contributed by atoms with van der Waals surface area (Å²) in [6, 6.07) is 5.15. The van der Waals surface area contributed by atoms with Crippen LogP contribution < -0.4 is 4.74 Å². The van der Waals surface area contributed by atoms with Gasteiger partial charge in [-0.2, -0.15) is 0 Å². The van der Waals surface area contributed by atoms with Gasteiger partial charge >= 0.3 is 0 Å². The number of fused-ring (bicyclic) bond motifs is 1. The Morgan fingerprint density at radius 1 is 1.50 bits per heavy atom. The van der Waals surface area contributed by atoms with Crippen LogP contribution in [0.2, 0.25) is 5.02 Å². The van der Waals surface area contributed by atoms with Crippen molar-refractivity contribution in [3.8, 4) is 5.75 Å². The molecular weight excluding hydrogens is 200 g/mol. The lowest BCUT2D eigenvalue weighted by molar-refractivity contribution is 0.0845. The van der Waals surface area contributed by atoms with Crippen molar-refractivity contribution in [1.29, 1.82) is 0 Å². The molecule has 0 saturated heterocycles. The number of Topliss-reactive ketones (excluding diaryl/α,β-unsaturated/α-hetero) is 1. The number of halogens is 1. The molecule has 0 saturated carbocycles. The third kappa shape index (κ3) is 1.50. The van der Waals surface area contributed by atoms with E-state index in [4.69, 9.17) is 16.3 Å². The molecule has 1 aromatic carbocycles. The summed E-state index contributed by atoms with van der Waals surface area (Å²) in [5.74, 6) is 0.708. The van der Waals surface area contributed by atoms with Crippen LogP contribution in [0.25, 0.3) is 0 Å². The normalized spacial score (nSPS) is 19.3. The molecule has 0 aliphatic carbocycles. The number of benzene rings is 1. The van der Waals surface area contributed by atoms with Crippen LogP contribution >= 0.6 is 11.6 Å². The predicted molar refractivity (Wildman–Crippen MR) is 55.1 cm³/mol.